The first-order valence-corrected chi connectivity index (χ1v) is 10.5. The van der Waals surface area contributed by atoms with E-state index in [0.717, 1.165) is 45.4 Å². The van der Waals surface area contributed by atoms with Gasteiger partial charge in [-0.2, -0.15) is 0 Å². The van der Waals surface area contributed by atoms with Crippen LogP contribution in [0.5, 0.6) is 0 Å². The average Bonchev–Trinajstić information content (AvgIpc) is 3.36. The molecule has 2 aliphatic carbocycles. The normalized spacial score (nSPS) is 36.7. The minimum Gasteiger partial charge on any atom is -0.381 e. The largest absolute Gasteiger partial charge is 0.381 e. The second-order valence-electron chi connectivity index (χ2n) is 8.36. The molecule has 2 aliphatic heterocycles. The molecule has 1 spiro atoms. The average molecular weight is 350 g/mol. The number of fused-ring (bicyclic) bond motifs is 2. The predicted molar refractivity (Wildman–Crippen MR) is 99.8 cm³/mol. The molecule has 5 nitrogen and oxygen atoms in total. The smallest absolute Gasteiger partial charge is 0.194 e. The molecule has 0 aromatic carbocycles. The molecule has 5 heteroatoms. The van der Waals surface area contributed by atoms with Gasteiger partial charge in [0.25, 0.3) is 0 Å². The van der Waals surface area contributed by atoms with Gasteiger partial charge in [-0.15, -0.1) is 0 Å². The molecule has 4 fully saturated rings. The van der Waals surface area contributed by atoms with Gasteiger partial charge in [-0.25, -0.2) is 0 Å². The number of likely N-dealkylation sites (tertiary alicyclic amines) is 1. The fourth-order valence-electron chi connectivity index (χ4n) is 5.88. The quantitative estimate of drug-likeness (QED) is 0.612. The van der Waals surface area contributed by atoms with Crippen molar-refractivity contribution < 1.29 is 9.47 Å². The summed E-state index contributed by atoms with van der Waals surface area (Å²) in [4.78, 5) is 7.33. The highest BCUT2D eigenvalue weighted by molar-refractivity contribution is 5.81. The van der Waals surface area contributed by atoms with E-state index in [-0.39, 0.29) is 0 Å². The number of rotatable bonds is 5. The van der Waals surface area contributed by atoms with Gasteiger partial charge in [-0.3, -0.25) is 4.99 Å². The van der Waals surface area contributed by atoms with E-state index in [1.165, 1.54) is 38.5 Å². The topological polar surface area (TPSA) is 46.1 Å². The Bertz CT molecular complexity index is 489. The van der Waals surface area contributed by atoms with E-state index in [1.807, 2.05) is 0 Å². The van der Waals surface area contributed by atoms with E-state index in [9.17, 15) is 0 Å². The van der Waals surface area contributed by atoms with Crippen molar-refractivity contribution >= 4 is 5.96 Å². The summed E-state index contributed by atoms with van der Waals surface area (Å²) in [5, 5.41) is 3.93. The van der Waals surface area contributed by atoms with Gasteiger partial charge in [0.2, 0.25) is 0 Å². The third-order valence-electron chi connectivity index (χ3n) is 7.02. The molecule has 0 aromatic heterocycles. The van der Waals surface area contributed by atoms with E-state index in [4.69, 9.17) is 14.5 Å². The van der Waals surface area contributed by atoms with Gasteiger partial charge in [0, 0.05) is 56.1 Å². The van der Waals surface area contributed by atoms with E-state index >= 15 is 0 Å². The summed E-state index contributed by atoms with van der Waals surface area (Å²) < 4.78 is 11.8. The van der Waals surface area contributed by atoms with Crippen LogP contribution in [-0.2, 0) is 9.47 Å². The van der Waals surface area contributed by atoms with Crippen LogP contribution in [0.2, 0.25) is 0 Å². The zero-order chi connectivity index (χ0) is 17.3. The Morgan fingerprint density at radius 3 is 2.88 bits per heavy atom. The number of nitrogens with one attached hydrogen (secondary N) is 1. The number of hydrogen-bond donors (Lipinski definition) is 1. The zero-order valence-electron chi connectivity index (χ0n) is 16.0. The molecule has 4 rings (SSSR count). The van der Waals surface area contributed by atoms with Crippen LogP contribution in [0.25, 0.3) is 0 Å². The van der Waals surface area contributed by atoms with Crippen LogP contribution in [0.4, 0.5) is 0 Å². The zero-order valence-corrected chi connectivity index (χ0v) is 16.0. The molecule has 142 valence electrons. The second kappa shape index (κ2) is 7.43. The summed E-state index contributed by atoms with van der Waals surface area (Å²) in [5.74, 6) is 2.48. The molecule has 4 unspecified atom stereocenters. The molecule has 25 heavy (non-hydrogen) atoms. The van der Waals surface area contributed by atoms with Crippen LogP contribution in [0.15, 0.2) is 4.99 Å². The fourth-order valence-corrected chi connectivity index (χ4v) is 5.88. The Kier molecular flexibility index (Phi) is 5.23. The van der Waals surface area contributed by atoms with E-state index < -0.39 is 0 Å². The number of aliphatic imine (C=N–C) groups is 1. The first-order chi connectivity index (χ1) is 12.3. The molecule has 0 bridgehead atoms. The standard InChI is InChI=1S/C20H35N3O2/c1-3-21-19(23-11-7-15(13-23)14-24-4-2)22-17-16-8-12-25-18(16)20(17)9-5-6-10-20/h15-18H,3-14H2,1-2H3,(H,21,22). The van der Waals surface area contributed by atoms with Crippen LogP contribution in [0.1, 0.15) is 52.4 Å². The number of ether oxygens (including phenoxy) is 2. The van der Waals surface area contributed by atoms with Crippen molar-refractivity contribution in [2.45, 2.75) is 64.5 Å². The summed E-state index contributed by atoms with van der Waals surface area (Å²) in [6.45, 7) is 9.91. The lowest BCUT2D eigenvalue weighted by Gasteiger charge is -2.57. The third kappa shape index (κ3) is 3.08. The van der Waals surface area contributed by atoms with Gasteiger partial charge in [0.15, 0.2) is 5.96 Å². The maximum atomic E-state index is 6.14. The maximum absolute atomic E-state index is 6.14. The highest BCUT2D eigenvalue weighted by atomic mass is 16.5. The Hall–Kier alpha value is -0.810. The van der Waals surface area contributed by atoms with Crippen molar-refractivity contribution in [2.75, 3.05) is 39.5 Å². The first-order valence-electron chi connectivity index (χ1n) is 10.5. The molecule has 2 saturated carbocycles. The van der Waals surface area contributed by atoms with Crippen LogP contribution < -0.4 is 5.32 Å². The molecule has 2 heterocycles. The van der Waals surface area contributed by atoms with Crippen molar-refractivity contribution in [1.82, 2.24) is 10.2 Å². The fraction of sp³-hybridized carbons (Fsp3) is 0.950. The van der Waals surface area contributed by atoms with Gasteiger partial charge in [0.05, 0.1) is 12.7 Å². The molecular formula is C20H35N3O2. The molecule has 0 amide bonds. The number of guanidine groups is 1. The third-order valence-corrected chi connectivity index (χ3v) is 7.02. The lowest BCUT2D eigenvalue weighted by atomic mass is 9.54. The van der Waals surface area contributed by atoms with Gasteiger partial charge < -0.3 is 19.7 Å². The highest BCUT2D eigenvalue weighted by Gasteiger charge is 2.65. The molecule has 0 aromatic rings. The van der Waals surface area contributed by atoms with Crippen LogP contribution >= 0.6 is 0 Å². The summed E-state index contributed by atoms with van der Waals surface area (Å²) in [7, 11) is 0. The van der Waals surface area contributed by atoms with Crippen LogP contribution in [-0.4, -0.2) is 62.5 Å². The highest BCUT2D eigenvalue weighted by Crippen LogP contribution is 2.60. The summed E-state index contributed by atoms with van der Waals surface area (Å²) >= 11 is 0. The molecule has 1 N–H and O–H groups in total. The summed E-state index contributed by atoms with van der Waals surface area (Å²) in [6, 6.07) is 0.568. The lowest BCUT2D eigenvalue weighted by molar-refractivity contribution is -0.125. The van der Waals surface area contributed by atoms with Gasteiger partial charge in [-0.1, -0.05) is 12.8 Å². The van der Waals surface area contributed by atoms with Crippen molar-refractivity contribution in [3.8, 4) is 0 Å². The Morgan fingerprint density at radius 2 is 2.12 bits per heavy atom. The van der Waals surface area contributed by atoms with Crippen molar-refractivity contribution in [2.24, 2.45) is 22.2 Å². The number of nitrogens with zero attached hydrogens (tertiary/aromatic N) is 2. The van der Waals surface area contributed by atoms with E-state index in [0.29, 0.717) is 29.4 Å². The monoisotopic (exact) mass is 349 g/mol. The predicted octanol–water partition coefficient (Wildman–Crippen LogP) is 2.66. The summed E-state index contributed by atoms with van der Waals surface area (Å²) in [6.07, 6.45) is 8.35. The van der Waals surface area contributed by atoms with Gasteiger partial charge >= 0.3 is 0 Å². The molecule has 4 aliphatic rings. The maximum Gasteiger partial charge on any atom is 0.194 e. The van der Waals surface area contributed by atoms with Crippen molar-refractivity contribution in [3.63, 3.8) is 0 Å². The minimum absolute atomic E-state index is 0.389. The van der Waals surface area contributed by atoms with Gasteiger partial charge in [-0.05, 0) is 39.5 Å². The molecule has 2 saturated heterocycles. The lowest BCUT2D eigenvalue weighted by Crippen LogP contribution is -2.69. The summed E-state index contributed by atoms with van der Waals surface area (Å²) in [5.41, 5.74) is 0.389. The Balaban J connectivity index is 1.43. The molecule has 4 atom stereocenters. The van der Waals surface area contributed by atoms with Crippen LogP contribution in [0.3, 0.4) is 0 Å². The first kappa shape index (κ1) is 17.6. The van der Waals surface area contributed by atoms with E-state index in [1.54, 1.807) is 0 Å². The van der Waals surface area contributed by atoms with Gasteiger partial charge in [0.1, 0.15) is 0 Å². The molecular weight excluding hydrogens is 314 g/mol. The number of hydrogen-bond acceptors (Lipinski definition) is 3. The van der Waals surface area contributed by atoms with Crippen LogP contribution in [0, 0.1) is 17.3 Å². The Labute approximate surface area is 152 Å². The SMILES string of the molecule is CCN=C(NC1C2CCOC2C12CCCC2)N1CCC(COCC)C1. The van der Waals surface area contributed by atoms with E-state index in [2.05, 4.69) is 24.1 Å². The Morgan fingerprint density at radius 1 is 1.28 bits per heavy atom. The van der Waals surface area contributed by atoms with Crippen molar-refractivity contribution in [1.29, 1.82) is 0 Å². The minimum atomic E-state index is 0.389. The second-order valence-corrected chi connectivity index (χ2v) is 8.36. The van der Waals surface area contributed by atoms with Crippen molar-refractivity contribution in [3.05, 3.63) is 0 Å². The molecule has 0 radical (unpaired) electrons.